The highest BCUT2D eigenvalue weighted by Gasteiger charge is 2.21. The van der Waals surface area contributed by atoms with Gasteiger partial charge in [-0.25, -0.2) is 4.79 Å². The zero-order chi connectivity index (χ0) is 21.1. The first-order valence-corrected chi connectivity index (χ1v) is 10.6. The molecule has 0 heterocycles. The molecule has 0 aromatic heterocycles. The Hall–Kier alpha value is -2.50. The van der Waals surface area contributed by atoms with E-state index in [2.05, 4.69) is 5.32 Å². The molecule has 1 atom stereocenters. The van der Waals surface area contributed by atoms with Gasteiger partial charge in [-0.15, -0.1) is 0 Å². The van der Waals surface area contributed by atoms with E-state index >= 15 is 0 Å². The van der Waals surface area contributed by atoms with Crippen molar-refractivity contribution in [3.05, 3.63) is 29.8 Å². The van der Waals surface area contributed by atoms with Gasteiger partial charge in [-0.2, -0.15) is 0 Å². The smallest absolute Gasteiger partial charge is 0.331 e. The van der Waals surface area contributed by atoms with Crippen molar-refractivity contribution >= 4 is 18.0 Å². The van der Waals surface area contributed by atoms with Crippen molar-refractivity contribution in [2.24, 2.45) is 0 Å². The van der Waals surface area contributed by atoms with Gasteiger partial charge in [-0.3, -0.25) is 4.79 Å². The van der Waals surface area contributed by atoms with Crippen molar-refractivity contribution in [2.75, 3.05) is 13.2 Å². The SMILES string of the molecule is CCOc1ccc(/C=C/C(=O)O[C@H](C)C(=O)NC2CCCCCC2)cc1OCC. The highest BCUT2D eigenvalue weighted by molar-refractivity contribution is 5.90. The van der Waals surface area contributed by atoms with Gasteiger partial charge >= 0.3 is 5.97 Å². The van der Waals surface area contributed by atoms with Crippen LogP contribution in [-0.2, 0) is 14.3 Å². The van der Waals surface area contributed by atoms with Gasteiger partial charge in [0.25, 0.3) is 5.91 Å². The minimum atomic E-state index is -0.824. The van der Waals surface area contributed by atoms with Gasteiger partial charge in [0.1, 0.15) is 0 Å². The quantitative estimate of drug-likeness (QED) is 0.379. The fraction of sp³-hybridized carbons (Fsp3) is 0.565. The second-order valence-corrected chi connectivity index (χ2v) is 7.18. The number of hydrogen-bond donors (Lipinski definition) is 1. The molecule has 0 unspecified atom stereocenters. The van der Waals surface area contributed by atoms with Crippen LogP contribution in [0.15, 0.2) is 24.3 Å². The lowest BCUT2D eigenvalue weighted by atomic mass is 10.1. The Morgan fingerprint density at radius 2 is 1.72 bits per heavy atom. The highest BCUT2D eigenvalue weighted by Crippen LogP contribution is 2.29. The third kappa shape index (κ3) is 7.80. The fourth-order valence-corrected chi connectivity index (χ4v) is 3.34. The van der Waals surface area contributed by atoms with E-state index in [0.29, 0.717) is 24.7 Å². The van der Waals surface area contributed by atoms with E-state index in [9.17, 15) is 9.59 Å². The molecular formula is C23H33NO5. The molecule has 1 aliphatic rings. The van der Waals surface area contributed by atoms with Crippen LogP contribution in [0.25, 0.3) is 6.08 Å². The molecule has 1 aliphatic carbocycles. The molecule has 160 valence electrons. The van der Waals surface area contributed by atoms with E-state index in [4.69, 9.17) is 14.2 Å². The molecule has 29 heavy (non-hydrogen) atoms. The fourth-order valence-electron chi connectivity index (χ4n) is 3.34. The van der Waals surface area contributed by atoms with E-state index in [1.165, 1.54) is 18.9 Å². The van der Waals surface area contributed by atoms with Gasteiger partial charge < -0.3 is 19.5 Å². The molecule has 0 radical (unpaired) electrons. The normalized spacial score (nSPS) is 16.1. The maximum absolute atomic E-state index is 12.3. The molecule has 6 heteroatoms. The van der Waals surface area contributed by atoms with E-state index in [1.54, 1.807) is 19.1 Å². The Kier molecular flexibility index (Phi) is 9.54. The first-order valence-electron chi connectivity index (χ1n) is 10.6. The third-order valence-electron chi connectivity index (χ3n) is 4.84. The molecule has 1 fully saturated rings. The minimum absolute atomic E-state index is 0.183. The van der Waals surface area contributed by atoms with E-state index in [0.717, 1.165) is 31.2 Å². The Labute approximate surface area is 173 Å². The molecule has 1 aromatic rings. The molecule has 6 nitrogen and oxygen atoms in total. The largest absolute Gasteiger partial charge is 0.490 e. The van der Waals surface area contributed by atoms with Crippen LogP contribution in [0.3, 0.4) is 0 Å². The first kappa shape index (κ1) is 22.8. The van der Waals surface area contributed by atoms with Crippen LogP contribution in [0.1, 0.15) is 64.9 Å². The molecule has 1 aromatic carbocycles. The lowest BCUT2D eigenvalue weighted by molar-refractivity contribution is -0.150. The van der Waals surface area contributed by atoms with Gasteiger partial charge in [0.2, 0.25) is 0 Å². The standard InChI is InChI=1S/C23H33NO5/c1-4-27-20-14-12-18(16-21(20)28-5-2)13-15-22(25)29-17(3)23(26)24-19-10-8-6-7-9-11-19/h12-17,19H,4-11H2,1-3H3,(H,24,26)/b15-13+/t17-/m1/s1. The average molecular weight is 404 g/mol. The summed E-state index contributed by atoms with van der Waals surface area (Å²) in [5.74, 6) is 0.498. The number of carbonyl (C=O) groups excluding carboxylic acids is 2. The first-order chi connectivity index (χ1) is 14.0. The molecule has 1 N–H and O–H groups in total. The summed E-state index contributed by atoms with van der Waals surface area (Å²) in [4.78, 5) is 24.4. The molecule has 2 rings (SSSR count). The maximum Gasteiger partial charge on any atom is 0.331 e. The summed E-state index contributed by atoms with van der Waals surface area (Å²) < 4.78 is 16.4. The van der Waals surface area contributed by atoms with Gasteiger partial charge in [0.15, 0.2) is 17.6 Å². The van der Waals surface area contributed by atoms with E-state index in [-0.39, 0.29) is 11.9 Å². The molecule has 0 bridgehead atoms. The summed E-state index contributed by atoms with van der Waals surface area (Å²) in [5.41, 5.74) is 0.782. The predicted octanol–water partition coefficient (Wildman–Crippen LogP) is 4.27. The second-order valence-electron chi connectivity index (χ2n) is 7.18. The summed E-state index contributed by atoms with van der Waals surface area (Å²) in [6.45, 7) is 6.47. The lowest BCUT2D eigenvalue weighted by Crippen LogP contribution is -2.41. The topological polar surface area (TPSA) is 73.9 Å². The highest BCUT2D eigenvalue weighted by atomic mass is 16.5. The van der Waals surface area contributed by atoms with Gasteiger partial charge in [-0.1, -0.05) is 31.7 Å². The van der Waals surface area contributed by atoms with E-state index < -0.39 is 12.1 Å². The number of amides is 1. The predicted molar refractivity (Wildman–Crippen MR) is 113 cm³/mol. The van der Waals surface area contributed by atoms with Gasteiger partial charge in [-0.05, 0) is 57.4 Å². The van der Waals surface area contributed by atoms with Crippen LogP contribution >= 0.6 is 0 Å². The molecule has 0 aliphatic heterocycles. The Morgan fingerprint density at radius 1 is 1.07 bits per heavy atom. The van der Waals surface area contributed by atoms with Gasteiger partial charge in [0, 0.05) is 12.1 Å². The zero-order valence-corrected chi connectivity index (χ0v) is 17.7. The average Bonchev–Trinajstić information content (AvgIpc) is 2.97. The number of benzene rings is 1. The van der Waals surface area contributed by atoms with Crippen molar-refractivity contribution in [1.29, 1.82) is 0 Å². The van der Waals surface area contributed by atoms with Crippen LogP contribution in [0.4, 0.5) is 0 Å². The van der Waals surface area contributed by atoms with Crippen LogP contribution in [-0.4, -0.2) is 37.2 Å². The maximum atomic E-state index is 12.3. The number of carbonyl (C=O) groups is 2. The van der Waals surface area contributed by atoms with Crippen molar-refractivity contribution in [2.45, 2.75) is 71.4 Å². The summed E-state index contributed by atoms with van der Waals surface area (Å²) in [7, 11) is 0. The van der Waals surface area contributed by atoms with Crippen LogP contribution in [0, 0.1) is 0 Å². The zero-order valence-electron chi connectivity index (χ0n) is 17.7. The van der Waals surface area contributed by atoms with E-state index in [1.807, 2.05) is 26.0 Å². The summed E-state index contributed by atoms with van der Waals surface area (Å²) in [5, 5.41) is 3.01. The number of ether oxygens (including phenoxy) is 3. The molecule has 0 saturated heterocycles. The number of hydrogen-bond acceptors (Lipinski definition) is 5. The lowest BCUT2D eigenvalue weighted by Gasteiger charge is -2.19. The van der Waals surface area contributed by atoms with Crippen molar-refractivity contribution in [3.8, 4) is 11.5 Å². The number of esters is 1. The van der Waals surface area contributed by atoms with Crippen LogP contribution in [0.2, 0.25) is 0 Å². The summed E-state index contributed by atoms with van der Waals surface area (Å²) in [6.07, 6.45) is 8.82. The molecular weight excluding hydrogens is 370 g/mol. The second kappa shape index (κ2) is 12.1. The molecule has 0 spiro atoms. The van der Waals surface area contributed by atoms with Gasteiger partial charge in [0.05, 0.1) is 13.2 Å². The Morgan fingerprint density at radius 3 is 2.38 bits per heavy atom. The third-order valence-corrected chi connectivity index (χ3v) is 4.84. The molecule has 1 saturated carbocycles. The number of nitrogens with one attached hydrogen (secondary N) is 1. The van der Waals surface area contributed by atoms with Crippen molar-refractivity contribution in [1.82, 2.24) is 5.32 Å². The summed E-state index contributed by atoms with van der Waals surface area (Å²) in [6, 6.07) is 5.63. The monoisotopic (exact) mass is 403 g/mol. The van der Waals surface area contributed by atoms with Crippen molar-refractivity contribution in [3.63, 3.8) is 0 Å². The Balaban J connectivity index is 1.89. The summed E-state index contributed by atoms with van der Waals surface area (Å²) >= 11 is 0. The Bertz CT molecular complexity index is 693. The van der Waals surface area contributed by atoms with Crippen molar-refractivity contribution < 1.29 is 23.8 Å². The van der Waals surface area contributed by atoms with Crippen LogP contribution < -0.4 is 14.8 Å². The molecule has 1 amide bonds. The number of rotatable bonds is 9. The van der Waals surface area contributed by atoms with Crippen LogP contribution in [0.5, 0.6) is 11.5 Å². The minimum Gasteiger partial charge on any atom is -0.490 e.